The van der Waals surface area contributed by atoms with Crippen molar-refractivity contribution < 1.29 is 18.7 Å². The zero-order valence-electron chi connectivity index (χ0n) is 22.2. The molecule has 2 amide bonds. The number of halogens is 1. The molecule has 11 heteroatoms. The van der Waals surface area contributed by atoms with Crippen LogP contribution >= 0.6 is 11.3 Å². The first-order chi connectivity index (χ1) is 19.5. The minimum atomic E-state index is -0.957. The Hall–Kier alpha value is -4.12. The van der Waals surface area contributed by atoms with Crippen molar-refractivity contribution in [2.75, 3.05) is 7.11 Å². The lowest BCUT2D eigenvalue weighted by atomic mass is 9.94. The van der Waals surface area contributed by atoms with Crippen molar-refractivity contribution in [3.8, 4) is 17.1 Å². The van der Waals surface area contributed by atoms with Crippen molar-refractivity contribution in [1.29, 1.82) is 0 Å². The zero-order valence-corrected chi connectivity index (χ0v) is 23.0. The minimum Gasteiger partial charge on any atom is -0.497 e. The SMILES string of the molecule is COc1ccc(-c2nnn(CC(=O)N(Cc3cccs3)C(C(=O)NC3CCCCC3)c3ccc(F)cc3)n2)cc1. The van der Waals surface area contributed by atoms with Crippen LogP contribution in [0.1, 0.15) is 48.6 Å². The third kappa shape index (κ3) is 6.71. The van der Waals surface area contributed by atoms with Crippen LogP contribution in [0.15, 0.2) is 66.0 Å². The largest absolute Gasteiger partial charge is 0.497 e. The molecule has 208 valence electrons. The predicted octanol–water partition coefficient (Wildman–Crippen LogP) is 4.77. The standard InChI is InChI=1S/C29H31FN6O3S/c1-39-24-15-11-21(12-16-24)28-32-34-36(33-28)19-26(37)35(18-25-8-5-17-40-25)27(20-9-13-22(30)14-10-20)29(38)31-23-6-3-2-4-7-23/h5,8-17,23,27H,2-4,6-7,18-19H2,1H3,(H,31,38). The van der Waals surface area contributed by atoms with Gasteiger partial charge >= 0.3 is 0 Å². The summed E-state index contributed by atoms with van der Waals surface area (Å²) in [7, 11) is 1.59. The Morgan fingerprint density at radius 2 is 1.85 bits per heavy atom. The van der Waals surface area contributed by atoms with Gasteiger partial charge in [-0.1, -0.05) is 37.5 Å². The Kier molecular flexibility index (Phi) is 8.80. The van der Waals surface area contributed by atoms with Crippen LogP contribution in [0, 0.1) is 5.82 Å². The molecule has 0 radical (unpaired) electrons. The summed E-state index contributed by atoms with van der Waals surface area (Å²) in [5.41, 5.74) is 1.26. The lowest BCUT2D eigenvalue weighted by Gasteiger charge is -2.33. The Labute approximate surface area is 236 Å². The number of ether oxygens (including phenoxy) is 1. The van der Waals surface area contributed by atoms with Gasteiger partial charge in [-0.25, -0.2) is 4.39 Å². The van der Waals surface area contributed by atoms with E-state index in [0.29, 0.717) is 17.1 Å². The van der Waals surface area contributed by atoms with Crippen molar-refractivity contribution in [3.63, 3.8) is 0 Å². The molecule has 1 atom stereocenters. The Morgan fingerprint density at radius 1 is 1.10 bits per heavy atom. The normalized spacial score (nSPS) is 14.4. The number of hydrogen-bond donors (Lipinski definition) is 1. The molecule has 5 rings (SSSR count). The summed E-state index contributed by atoms with van der Waals surface area (Å²) in [5.74, 6) is 0.0116. The molecule has 1 N–H and O–H groups in total. The number of amides is 2. The molecule has 1 aliphatic rings. The highest BCUT2D eigenvalue weighted by molar-refractivity contribution is 7.09. The van der Waals surface area contributed by atoms with Crippen LogP contribution in [0.3, 0.4) is 0 Å². The van der Waals surface area contributed by atoms with E-state index in [1.807, 2.05) is 29.6 Å². The van der Waals surface area contributed by atoms with E-state index >= 15 is 0 Å². The van der Waals surface area contributed by atoms with Crippen LogP contribution in [0.4, 0.5) is 4.39 Å². The van der Waals surface area contributed by atoms with Crippen LogP contribution in [0.25, 0.3) is 11.4 Å². The van der Waals surface area contributed by atoms with E-state index in [0.717, 1.165) is 42.5 Å². The van der Waals surface area contributed by atoms with Crippen LogP contribution in [0.2, 0.25) is 0 Å². The molecule has 2 aromatic carbocycles. The quantitative estimate of drug-likeness (QED) is 0.299. The van der Waals surface area contributed by atoms with Gasteiger partial charge in [0.1, 0.15) is 24.2 Å². The molecule has 1 unspecified atom stereocenters. The molecule has 0 saturated heterocycles. The number of thiophene rings is 1. The van der Waals surface area contributed by atoms with E-state index in [1.54, 1.807) is 31.4 Å². The monoisotopic (exact) mass is 562 g/mol. The zero-order chi connectivity index (χ0) is 27.9. The minimum absolute atomic E-state index is 0.0481. The van der Waals surface area contributed by atoms with Gasteiger partial charge in [0.05, 0.1) is 13.7 Å². The number of tetrazole rings is 1. The first-order valence-electron chi connectivity index (χ1n) is 13.3. The number of methoxy groups -OCH3 is 1. The van der Waals surface area contributed by atoms with E-state index in [4.69, 9.17) is 4.74 Å². The Balaban J connectivity index is 1.42. The molecule has 0 spiro atoms. The lowest BCUT2D eigenvalue weighted by molar-refractivity contribution is -0.142. The third-order valence-electron chi connectivity index (χ3n) is 7.00. The van der Waals surface area contributed by atoms with Gasteiger partial charge in [-0.05, 0) is 71.5 Å². The number of nitrogens with zero attached hydrogens (tertiary/aromatic N) is 5. The highest BCUT2D eigenvalue weighted by Gasteiger charge is 2.33. The summed E-state index contributed by atoms with van der Waals surface area (Å²) in [6.45, 7) is -0.0143. The number of carbonyl (C=O) groups is 2. The lowest BCUT2D eigenvalue weighted by Crippen LogP contribution is -2.47. The van der Waals surface area contributed by atoms with Crippen molar-refractivity contribution >= 4 is 23.2 Å². The van der Waals surface area contributed by atoms with Crippen molar-refractivity contribution in [2.24, 2.45) is 0 Å². The molecule has 1 aliphatic carbocycles. The summed E-state index contributed by atoms with van der Waals surface area (Å²) in [4.78, 5) is 31.3. The van der Waals surface area contributed by atoms with E-state index < -0.39 is 11.9 Å². The van der Waals surface area contributed by atoms with Crippen LogP contribution in [0.5, 0.6) is 5.75 Å². The van der Waals surface area contributed by atoms with Gasteiger partial charge in [-0.15, -0.1) is 21.5 Å². The first-order valence-corrected chi connectivity index (χ1v) is 14.2. The fourth-order valence-electron chi connectivity index (χ4n) is 4.92. The average molecular weight is 563 g/mol. The van der Waals surface area contributed by atoms with Gasteiger partial charge < -0.3 is 15.0 Å². The molecule has 1 fully saturated rings. The summed E-state index contributed by atoms with van der Waals surface area (Å²) >= 11 is 1.50. The number of hydrogen-bond acceptors (Lipinski definition) is 7. The van der Waals surface area contributed by atoms with E-state index in [-0.39, 0.29) is 30.9 Å². The highest BCUT2D eigenvalue weighted by atomic mass is 32.1. The van der Waals surface area contributed by atoms with Gasteiger partial charge in [0, 0.05) is 16.5 Å². The average Bonchev–Trinajstić information content (AvgIpc) is 3.67. The molecule has 4 aromatic rings. The fourth-order valence-corrected chi connectivity index (χ4v) is 5.62. The van der Waals surface area contributed by atoms with Gasteiger partial charge in [-0.3, -0.25) is 9.59 Å². The molecule has 9 nitrogen and oxygen atoms in total. The molecular weight excluding hydrogens is 531 g/mol. The molecule has 1 saturated carbocycles. The second-order valence-electron chi connectivity index (χ2n) is 9.77. The number of rotatable bonds is 10. The predicted molar refractivity (Wildman–Crippen MR) is 149 cm³/mol. The summed E-state index contributed by atoms with van der Waals surface area (Å²) in [6, 6.07) is 15.9. The van der Waals surface area contributed by atoms with Crippen LogP contribution in [-0.2, 0) is 22.7 Å². The summed E-state index contributed by atoms with van der Waals surface area (Å²) in [6.07, 6.45) is 5.06. The molecule has 0 bridgehead atoms. The molecule has 2 aromatic heterocycles. The maximum Gasteiger partial charge on any atom is 0.247 e. The maximum absolute atomic E-state index is 13.9. The first kappa shape index (κ1) is 27.4. The van der Waals surface area contributed by atoms with Crippen molar-refractivity contribution in [1.82, 2.24) is 30.4 Å². The third-order valence-corrected chi connectivity index (χ3v) is 7.86. The summed E-state index contributed by atoms with van der Waals surface area (Å²) < 4.78 is 19.0. The maximum atomic E-state index is 13.9. The second-order valence-corrected chi connectivity index (χ2v) is 10.8. The van der Waals surface area contributed by atoms with E-state index in [2.05, 4.69) is 20.7 Å². The molecular formula is C29H31FN6O3S. The topological polar surface area (TPSA) is 102 Å². The number of benzene rings is 2. The summed E-state index contributed by atoms with van der Waals surface area (Å²) in [5, 5.41) is 17.7. The van der Waals surface area contributed by atoms with E-state index in [9.17, 15) is 14.0 Å². The molecule has 0 aliphatic heterocycles. The van der Waals surface area contributed by atoms with Gasteiger partial charge in [0.15, 0.2) is 0 Å². The molecule has 2 heterocycles. The number of aromatic nitrogens is 4. The van der Waals surface area contributed by atoms with Gasteiger partial charge in [-0.2, -0.15) is 4.80 Å². The fraction of sp³-hybridized carbons (Fsp3) is 0.345. The van der Waals surface area contributed by atoms with Gasteiger partial charge in [0.25, 0.3) is 0 Å². The second kappa shape index (κ2) is 12.8. The number of nitrogens with one attached hydrogen (secondary N) is 1. The molecule has 40 heavy (non-hydrogen) atoms. The smallest absolute Gasteiger partial charge is 0.247 e. The Bertz CT molecular complexity index is 1400. The van der Waals surface area contributed by atoms with Crippen LogP contribution in [-0.4, -0.2) is 50.1 Å². The highest BCUT2D eigenvalue weighted by Crippen LogP contribution is 2.27. The van der Waals surface area contributed by atoms with Crippen molar-refractivity contribution in [2.45, 2.75) is 57.3 Å². The van der Waals surface area contributed by atoms with Crippen molar-refractivity contribution in [3.05, 3.63) is 82.3 Å². The van der Waals surface area contributed by atoms with Crippen LogP contribution < -0.4 is 10.1 Å². The number of carbonyl (C=O) groups excluding carboxylic acids is 2. The van der Waals surface area contributed by atoms with E-state index in [1.165, 1.54) is 33.2 Å². The van der Waals surface area contributed by atoms with Gasteiger partial charge in [0.2, 0.25) is 17.6 Å². The Morgan fingerprint density at radius 3 is 2.52 bits per heavy atom.